The third kappa shape index (κ3) is 2.48. The van der Waals surface area contributed by atoms with Gasteiger partial charge >= 0.3 is 0 Å². The summed E-state index contributed by atoms with van der Waals surface area (Å²) in [6, 6.07) is 5.02. The number of rotatable bonds is 1. The van der Waals surface area contributed by atoms with Gasteiger partial charge in [-0.3, -0.25) is 4.79 Å². The van der Waals surface area contributed by atoms with Crippen LogP contribution in [0.25, 0.3) is 0 Å². The van der Waals surface area contributed by atoms with Gasteiger partial charge in [-0.15, -0.1) is 0 Å². The van der Waals surface area contributed by atoms with E-state index < -0.39 is 6.10 Å². The lowest BCUT2D eigenvalue weighted by Gasteiger charge is -2.29. The molecule has 2 rings (SSSR count). The molecule has 1 N–H and O–H groups in total. The SMILES string of the molecule is O=C1CC(O)CCN1c1cc(Cl)cc(Cl)c1. The fraction of sp³-hybridized carbons (Fsp3) is 0.364. The summed E-state index contributed by atoms with van der Waals surface area (Å²) >= 11 is 11.7. The van der Waals surface area contributed by atoms with Gasteiger partial charge in [-0.05, 0) is 24.6 Å². The second-order valence-electron chi connectivity index (χ2n) is 3.82. The summed E-state index contributed by atoms with van der Waals surface area (Å²) in [4.78, 5) is 13.3. The molecular formula is C11H11Cl2NO2. The molecule has 0 aromatic heterocycles. The Hall–Kier alpha value is -0.770. The van der Waals surface area contributed by atoms with Crippen LogP contribution in [-0.4, -0.2) is 23.7 Å². The van der Waals surface area contributed by atoms with Crippen LogP contribution in [0.15, 0.2) is 18.2 Å². The van der Waals surface area contributed by atoms with Gasteiger partial charge in [0.05, 0.1) is 12.5 Å². The molecule has 1 amide bonds. The number of hydrogen-bond acceptors (Lipinski definition) is 2. The predicted octanol–water partition coefficient (Wildman–Crippen LogP) is 2.48. The topological polar surface area (TPSA) is 40.5 Å². The van der Waals surface area contributed by atoms with Crippen LogP contribution in [0.2, 0.25) is 10.0 Å². The van der Waals surface area contributed by atoms with E-state index in [0.29, 0.717) is 28.7 Å². The first-order valence-electron chi connectivity index (χ1n) is 5.01. The monoisotopic (exact) mass is 259 g/mol. The molecular weight excluding hydrogens is 249 g/mol. The van der Waals surface area contributed by atoms with E-state index in [0.717, 1.165) is 0 Å². The summed E-state index contributed by atoms with van der Waals surface area (Å²) in [6.45, 7) is 0.497. The Kier molecular flexibility index (Phi) is 3.38. The normalized spacial score (nSPS) is 21.3. The summed E-state index contributed by atoms with van der Waals surface area (Å²) in [5, 5.41) is 10.4. The van der Waals surface area contributed by atoms with E-state index in [-0.39, 0.29) is 12.3 Å². The molecule has 86 valence electrons. The minimum atomic E-state index is -0.529. The molecule has 1 aliphatic rings. The van der Waals surface area contributed by atoms with E-state index in [9.17, 15) is 9.90 Å². The number of amides is 1. The molecule has 1 aromatic rings. The van der Waals surface area contributed by atoms with Gasteiger partial charge in [0.25, 0.3) is 0 Å². The third-order valence-corrected chi connectivity index (χ3v) is 2.99. The van der Waals surface area contributed by atoms with Crippen LogP contribution in [0.5, 0.6) is 0 Å². The first-order valence-corrected chi connectivity index (χ1v) is 5.76. The molecule has 0 bridgehead atoms. The van der Waals surface area contributed by atoms with Crippen LogP contribution in [0, 0.1) is 0 Å². The summed E-state index contributed by atoms with van der Waals surface area (Å²) < 4.78 is 0. The number of hydrogen-bond donors (Lipinski definition) is 1. The number of carbonyl (C=O) groups excluding carboxylic acids is 1. The highest BCUT2D eigenvalue weighted by atomic mass is 35.5. The zero-order valence-electron chi connectivity index (χ0n) is 8.49. The number of carbonyl (C=O) groups is 1. The molecule has 0 aliphatic carbocycles. The van der Waals surface area contributed by atoms with E-state index in [4.69, 9.17) is 23.2 Å². The van der Waals surface area contributed by atoms with Gasteiger partial charge in [0.1, 0.15) is 0 Å². The second kappa shape index (κ2) is 4.62. The van der Waals surface area contributed by atoms with Crippen LogP contribution in [0.1, 0.15) is 12.8 Å². The molecule has 1 aromatic carbocycles. The van der Waals surface area contributed by atoms with Gasteiger partial charge in [0.15, 0.2) is 0 Å². The number of benzene rings is 1. The van der Waals surface area contributed by atoms with Crippen LogP contribution < -0.4 is 4.90 Å². The number of nitrogens with zero attached hydrogens (tertiary/aromatic N) is 1. The molecule has 0 radical (unpaired) electrons. The van der Waals surface area contributed by atoms with E-state index >= 15 is 0 Å². The Labute approximate surface area is 104 Å². The van der Waals surface area contributed by atoms with Crippen molar-refractivity contribution in [3.8, 4) is 0 Å². The van der Waals surface area contributed by atoms with Crippen LogP contribution in [0.3, 0.4) is 0 Å². The van der Waals surface area contributed by atoms with Crippen molar-refractivity contribution in [3.63, 3.8) is 0 Å². The van der Waals surface area contributed by atoms with Crippen molar-refractivity contribution in [1.29, 1.82) is 0 Å². The molecule has 5 heteroatoms. The number of halogens is 2. The molecule has 1 heterocycles. The standard InChI is InChI=1S/C11H11Cl2NO2/c12-7-3-8(13)5-9(4-7)14-2-1-10(15)6-11(14)16/h3-5,10,15H,1-2,6H2. The van der Waals surface area contributed by atoms with Crippen molar-refractivity contribution in [2.75, 3.05) is 11.4 Å². The van der Waals surface area contributed by atoms with Crippen molar-refractivity contribution in [3.05, 3.63) is 28.2 Å². The molecule has 1 fully saturated rings. The minimum Gasteiger partial charge on any atom is -0.393 e. The van der Waals surface area contributed by atoms with Crippen LogP contribution >= 0.6 is 23.2 Å². The largest absolute Gasteiger partial charge is 0.393 e. The van der Waals surface area contributed by atoms with E-state index in [1.54, 1.807) is 23.1 Å². The molecule has 1 saturated heterocycles. The Morgan fingerprint density at radius 2 is 1.88 bits per heavy atom. The molecule has 3 nitrogen and oxygen atoms in total. The van der Waals surface area contributed by atoms with E-state index in [1.165, 1.54) is 0 Å². The summed E-state index contributed by atoms with van der Waals surface area (Å²) in [7, 11) is 0. The predicted molar refractivity (Wildman–Crippen MR) is 64.1 cm³/mol. The van der Waals surface area contributed by atoms with E-state index in [2.05, 4.69) is 0 Å². The lowest BCUT2D eigenvalue weighted by atomic mass is 10.1. The molecule has 1 aliphatic heterocycles. The van der Waals surface area contributed by atoms with E-state index in [1.807, 2.05) is 0 Å². The van der Waals surface area contributed by atoms with Gasteiger partial charge in [-0.1, -0.05) is 23.2 Å². The summed E-state index contributed by atoms with van der Waals surface area (Å²) in [5.74, 6) is -0.0999. The highest BCUT2D eigenvalue weighted by Crippen LogP contribution is 2.28. The fourth-order valence-electron chi connectivity index (χ4n) is 1.78. The smallest absolute Gasteiger partial charge is 0.229 e. The maximum Gasteiger partial charge on any atom is 0.229 e. The quantitative estimate of drug-likeness (QED) is 0.842. The lowest BCUT2D eigenvalue weighted by molar-refractivity contribution is -0.122. The first-order chi connectivity index (χ1) is 7.56. The van der Waals surface area contributed by atoms with Gasteiger partial charge in [0.2, 0.25) is 5.91 Å². The Morgan fingerprint density at radius 1 is 1.25 bits per heavy atom. The number of aliphatic hydroxyl groups excluding tert-OH is 1. The Balaban J connectivity index is 2.26. The number of piperidine rings is 1. The summed E-state index contributed by atoms with van der Waals surface area (Å²) in [5.41, 5.74) is 0.689. The van der Waals surface area contributed by atoms with Gasteiger partial charge in [-0.2, -0.15) is 0 Å². The zero-order valence-corrected chi connectivity index (χ0v) is 10.0. The molecule has 0 saturated carbocycles. The van der Waals surface area contributed by atoms with Crippen molar-refractivity contribution in [2.45, 2.75) is 18.9 Å². The van der Waals surface area contributed by atoms with Crippen molar-refractivity contribution in [1.82, 2.24) is 0 Å². The molecule has 1 atom stereocenters. The Bertz CT molecular complexity index is 402. The fourth-order valence-corrected chi connectivity index (χ4v) is 2.30. The maximum absolute atomic E-state index is 11.7. The second-order valence-corrected chi connectivity index (χ2v) is 4.69. The first kappa shape index (κ1) is 11.7. The van der Waals surface area contributed by atoms with Crippen LogP contribution in [0.4, 0.5) is 5.69 Å². The lowest BCUT2D eigenvalue weighted by Crippen LogP contribution is -2.40. The highest BCUT2D eigenvalue weighted by molar-refractivity contribution is 6.35. The minimum absolute atomic E-state index is 0.0999. The van der Waals surface area contributed by atoms with Gasteiger partial charge in [0, 0.05) is 22.3 Å². The van der Waals surface area contributed by atoms with Crippen molar-refractivity contribution >= 4 is 34.8 Å². The Morgan fingerprint density at radius 3 is 2.44 bits per heavy atom. The van der Waals surface area contributed by atoms with Gasteiger partial charge in [-0.25, -0.2) is 0 Å². The zero-order chi connectivity index (χ0) is 11.7. The number of anilines is 1. The third-order valence-electron chi connectivity index (χ3n) is 2.56. The highest BCUT2D eigenvalue weighted by Gasteiger charge is 2.25. The number of aliphatic hydroxyl groups is 1. The van der Waals surface area contributed by atoms with Crippen LogP contribution in [-0.2, 0) is 4.79 Å². The molecule has 0 spiro atoms. The molecule has 16 heavy (non-hydrogen) atoms. The van der Waals surface area contributed by atoms with Crippen molar-refractivity contribution < 1.29 is 9.90 Å². The van der Waals surface area contributed by atoms with Crippen molar-refractivity contribution in [2.24, 2.45) is 0 Å². The molecule has 1 unspecified atom stereocenters. The average molecular weight is 260 g/mol. The average Bonchev–Trinajstić information content (AvgIpc) is 2.15. The maximum atomic E-state index is 11.7. The summed E-state index contributed by atoms with van der Waals surface area (Å²) in [6.07, 6.45) is 0.207. The van der Waals surface area contributed by atoms with Gasteiger partial charge < -0.3 is 10.0 Å².